The first kappa shape index (κ1) is 27.3. The maximum absolute atomic E-state index is 13.5. The molecule has 0 bridgehead atoms. The molecule has 200 valence electrons. The van der Waals surface area contributed by atoms with Crippen LogP contribution in [-0.2, 0) is 21.4 Å². The summed E-state index contributed by atoms with van der Waals surface area (Å²) in [7, 11) is -0.448. The average molecular weight is 537 g/mol. The Labute approximate surface area is 223 Å². The highest BCUT2D eigenvalue weighted by Gasteiger charge is 2.27. The smallest absolute Gasteiger partial charge is 0.253 e. The number of likely N-dealkylation sites (N-methyl/N-ethyl adjacent to an activating group) is 1. The largest absolute Gasteiger partial charge is 0.497 e. The summed E-state index contributed by atoms with van der Waals surface area (Å²) in [6.45, 7) is 2.66. The van der Waals surface area contributed by atoms with Crippen LogP contribution in [-0.4, -0.2) is 81.2 Å². The third kappa shape index (κ3) is 6.77. The summed E-state index contributed by atoms with van der Waals surface area (Å²) in [5.41, 5.74) is 1.77. The fraction of sp³-hybridized carbons (Fsp3) is 0.286. The second kappa shape index (κ2) is 12.2. The molecule has 3 aromatic carbocycles. The van der Waals surface area contributed by atoms with Crippen LogP contribution in [0.25, 0.3) is 0 Å². The van der Waals surface area contributed by atoms with Crippen molar-refractivity contribution >= 4 is 27.5 Å². The number of sulfonamides is 1. The Morgan fingerprint density at radius 1 is 0.895 bits per heavy atom. The molecule has 2 amide bonds. The predicted octanol–water partition coefficient (Wildman–Crippen LogP) is 2.91. The molecule has 0 aromatic heterocycles. The molecule has 3 aromatic rings. The lowest BCUT2D eigenvalue weighted by molar-refractivity contribution is -0.116. The molecule has 1 fully saturated rings. The summed E-state index contributed by atoms with van der Waals surface area (Å²) >= 11 is 0. The van der Waals surface area contributed by atoms with Gasteiger partial charge in [0.15, 0.2) is 0 Å². The number of amides is 2. The first-order valence-corrected chi connectivity index (χ1v) is 13.8. The monoisotopic (exact) mass is 536 g/mol. The minimum atomic E-state index is -3.98. The predicted molar refractivity (Wildman–Crippen MR) is 146 cm³/mol. The summed E-state index contributed by atoms with van der Waals surface area (Å²) < 4.78 is 33.2. The Kier molecular flexibility index (Phi) is 8.77. The molecule has 0 saturated carbocycles. The SMILES string of the molecule is COc1ccc(S(=O)(=O)N(CC(=O)Nc2ccc(C(=O)N3CCN(C)CC3)cc2)Cc2ccccc2)cc1. The van der Waals surface area contributed by atoms with Crippen LogP contribution in [0.1, 0.15) is 15.9 Å². The van der Waals surface area contributed by atoms with Crippen molar-refractivity contribution in [1.29, 1.82) is 0 Å². The second-order valence-corrected chi connectivity index (χ2v) is 11.1. The molecule has 1 N–H and O–H groups in total. The molecule has 10 heteroatoms. The second-order valence-electron chi connectivity index (χ2n) is 9.16. The molecule has 0 radical (unpaired) electrons. The van der Waals surface area contributed by atoms with E-state index in [9.17, 15) is 18.0 Å². The highest BCUT2D eigenvalue weighted by atomic mass is 32.2. The zero-order chi connectivity index (χ0) is 27.1. The fourth-order valence-corrected chi connectivity index (χ4v) is 5.54. The number of carbonyl (C=O) groups excluding carboxylic acids is 2. The van der Waals surface area contributed by atoms with Gasteiger partial charge in [-0.25, -0.2) is 8.42 Å². The van der Waals surface area contributed by atoms with E-state index < -0.39 is 15.9 Å². The molecule has 0 spiro atoms. The van der Waals surface area contributed by atoms with Crippen LogP contribution in [0.2, 0.25) is 0 Å². The molecule has 1 saturated heterocycles. The summed E-state index contributed by atoms with van der Waals surface area (Å²) in [6, 6.07) is 21.8. The number of nitrogens with zero attached hydrogens (tertiary/aromatic N) is 3. The number of anilines is 1. The molecule has 1 aliphatic heterocycles. The van der Waals surface area contributed by atoms with Crippen molar-refractivity contribution in [2.75, 3.05) is 52.2 Å². The molecular formula is C28H32N4O5S. The average Bonchev–Trinajstić information content (AvgIpc) is 2.93. The first-order valence-electron chi connectivity index (χ1n) is 12.3. The normalized spacial score (nSPS) is 14.3. The summed E-state index contributed by atoms with van der Waals surface area (Å²) in [4.78, 5) is 29.8. The highest BCUT2D eigenvalue weighted by Crippen LogP contribution is 2.22. The number of rotatable bonds is 9. The van der Waals surface area contributed by atoms with Gasteiger partial charge in [-0.3, -0.25) is 9.59 Å². The third-order valence-electron chi connectivity index (χ3n) is 6.43. The minimum absolute atomic E-state index is 0.0289. The lowest BCUT2D eigenvalue weighted by Gasteiger charge is -2.32. The summed E-state index contributed by atoms with van der Waals surface area (Å²) in [5, 5.41) is 2.75. The molecule has 1 aliphatic rings. The van der Waals surface area contributed by atoms with Gasteiger partial charge in [-0.05, 0) is 61.1 Å². The number of ether oxygens (including phenoxy) is 1. The van der Waals surface area contributed by atoms with Crippen LogP contribution >= 0.6 is 0 Å². The lowest BCUT2D eigenvalue weighted by Crippen LogP contribution is -2.47. The van der Waals surface area contributed by atoms with Gasteiger partial charge in [0.2, 0.25) is 15.9 Å². The van der Waals surface area contributed by atoms with Crippen LogP contribution < -0.4 is 10.1 Å². The van der Waals surface area contributed by atoms with Crippen LogP contribution in [0.15, 0.2) is 83.8 Å². The van der Waals surface area contributed by atoms with Gasteiger partial charge in [-0.1, -0.05) is 30.3 Å². The van der Waals surface area contributed by atoms with Gasteiger partial charge < -0.3 is 19.9 Å². The number of benzene rings is 3. The number of hydrogen-bond acceptors (Lipinski definition) is 6. The van der Waals surface area contributed by atoms with E-state index in [1.807, 2.05) is 42.3 Å². The summed E-state index contributed by atoms with van der Waals surface area (Å²) in [5.74, 6) is -0.00221. The maximum Gasteiger partial charge on any atom is 0.253 e. The topological polar surface area (TPSA) is 99.3 Å². The number of carbonyl (C=O) groups is 2. The van der Waals surface area contributed by atoms with Gasteiger partial charge in [-0.15, -0.1) is 0 Å². The minimum Gasteiger partial charge on any atom is -0.497 e. The first-order chi connectivity index (χ1) is 18.3. The molecule has 4 rings (SSSR count). The van der Waals surface area contributed by atoms with Gasteiger partial charge in [-0.2, -0.15) is 4.31 Å². The quantitative estimate of drug-likeness (QED) is 0.452. The van der Waals surface area contributed by atoms with E-state index in [0.717, 1.165) is 23.0 Å². The van der Waals surface area contributed by atoms with Gasteiger partial charge in [0.25, 0.3) is 5.91 Å². The van der Waals surface area contributed by atoms with E-state index in [4.69, 9.17) is 4.74 Å². The highest BCUT2D eigenvalue weighted by molar-refractivity contribution is 7.89. The Morgan fingerprint density at radius 2 is 1.53 bits per heavy atom. The van der Waals surface area contributed by atoms with Crippen molar-refractivity contribution in [1.82, 2.24) is 14.1 Å². The Balaban J connectivity index is 1.46. The van der Waals surface area contributed by atoms with Crippen molar-refractivity contribution in [2.45, 2.75) is 11.4 Å². The maximum atomic E-state index is 13.5. The van der Waals surface area contributed by atoms with Crippen LogP contribution in [0, 0.1) is 0 Å². The molecule has 0 unspecified atom stereocenters. The lowest BCUT2D eigenvalue weighted by atomic mass is 10.1. The van der Waals surface area contributed by atoms with Crippen molar-refractivity contribution in [2.24, 2.45) is 0 Å². The molecular weight excluding hydrogens is 504 g/mol. The van der Waals surface area contributed by atoms with Gasteiger partial charge >= 0.3 is 0 Å². The van der Waals surface area contributed by atoms with Gasteiger partial charge in [0.05, 0.1) is 18.6 Å². The van der Waals surface area contributed by atoms with Crippen molar-refractivity contribution in [3.63, 3.8) is 0 Å². The van der Waals surface area contributed by atoms with Crippen molar-refractivity contribution in [3.05, 3.63) is 90.0 Å². The Hall–Kier alpha value is -3.73. The molecule has 9 nitrogen and oxygen atoms in total. The van der Waals surface area contributed by atoms with E-state index in [0.29, 0.717) is 30.1 Å². The number of piperazine rings is 1. The Bertz CT molecular complexity index is 1340. The molecule has 1 heterocycles. The van der Waals surface area contributed by atoms with Crippen LogP contribution in [0.4, 0.5) is 5.69 Å². The van der Waals surface area contributed by atoms with E-state index in [2.05, 4.69) is 10.2 Å². The van der Waals surface area contributed by atoms with E-state index in [-0.39, 0.29) is 23.9 Å². The third-order valence-corrected chi connectivity index (χ3v) is 8.23. The molecule has 38 heavy (non-hydrogen) atoms. The van der Waals surface area contributed by atoms with E-state index >= 15 is 0 Å². The standard InChI is InChI=1S/C28H32N4O5S/c1-30-16-18-31(19-17-30)28(34)23-8-10-24(11-9-23)29-27(33)21-32(20-22-6-4-3-5-7-22)38(35,36)26-14-12-25(37-2)13-15-26/h3-15H,16-21H2,1-2H3,(H,29,33). The van der Waals surface area contributed by atoms with Crippen LogP contribution in [0.5, 0.6) is 5.75 Å². The van der Waals surface area contributed by atoms with Crippen molar-refractivity contribution < 1.29 is 22.7 Å². The molecule has 0 aliphatic carbocycles. The molecule has 0 atom stereocenters. The zero-order valence-electron chi connectivity index (χ0n) is 21.5. The zero-order valence-corrected chi connectivity index (χ0v) is 22.4. The Morgan fingerprint density at radius 3 is 2.13 bits per heavy atom. The van der Waals surface area contributed by atoms with Gasteiger partial charge in [0, 0.05) is 44.0 Å². The fourth-order valence-electron chi connectivity index (χ4n) is 4.16. The number of methoxy groups -OCH3 is 1. The van der Waals surface area contributed by atoms with E-state index in [1.54, 1.807) is 36.4 Å². The van der Waals surface area contributed by atoms with Gasteiger partial charge in [0.1, 0.15) is 5.75 Å². The number of nitrogens with one attached hydrogen (secondary N) is 1. The summed E-state index contributed by atoms with van der Waals surface area (Å²) in [6.07, 6.45) is 0. The van der Waals surface area contributed by atoms with Crippen molar-refractivity contribution in [3.8, 4) is 5.75 Å². The number of hydrogen-bond donors (Lipinski definition) is 1. The van der Waals surface area contributed by atoms with Crippen LogP contribution in [0.3, 0.4) is 0 Å². The van der Waals surface area contributed by atoms with E-state index in [1.165, 1.54) is 19.2 Å².